The van der Waals surface area contributed by atoms with Gasteiger partial charge in [0, 0.05) is 18.5 Å². The first-order valence-electron chi connectivity index (χ1n) is 6.53. The quantitative estimate of drug-likeness (QED) is 0.916. The van der Waals surface area contributed by atoms with Crippen molar-refractivity contribution in [3.63, 3.8) is 0 Å². The van der Waals surface area contributed by atoms with Crippen molar-refractivity contribution >= 4 is 11.7 Å². The molecule has 0 fully saturated rings. The number of hydrogen-bond acceptors (Lipinski definition) is 6. The molecule has 1 N–H and O–H groups in total. The fourth-order valence-electron chi connectivity index (χ4n) is 1.61. The van der Waals surface area contributed by atoms with E-state index in [9.17, 15) is 4.79 Å². The number of carbonyl (C=O) groups excluding carboxylic acids is 1. The minimum Gasteiger partial charge on any atom is -0.439 e. The highest BCUT2D eigenvalue weighted by atomic mass is 16.6. The highest BCUT2D eigenvalue weighted by Gasteiger charge is 2.21. The van der Waals surface area contributed by atoms with E-state index in [-0.39, 0.29) is 24.0 Å². The Hall–Kier alpha value is -2.38. The predicted molar refractivity (Wildman–Crippen MR) is 75.1 cm³/mol. The summed E-state index contributed by atoms with van der Waals surface area (Å²) in [6.07, 6.45) is -0.0174. The molecule has 0 bridgehead atoms. The summed E-state index contributed by atoms with van der Waals surface area (Å²) in [6.45, 7) is 7.51. The van der Waals surface area contributed by atoms with Gasteiger partial charge in [0.1, 0.15) is 5.82 Å². The van der Waals surface area contributed by atoms with Gasteiger partial charge in [-0.1, -0.05) is 25.9 Å². The molecule has 8 nitrogen and oxygen atoms in total. The van der Waals surface area contributed by atoms with E-state index in [1.165, 1.54) is 0 Å². The Kier molecular flexibility index (Phi) is 3.97. The number of ether oxygens (including phenoxy) is 1. The third-order valence-corrected chi connectivity index (χ3v) is 2.67. The van der Waals surface area contributed by atoms with Crippen molar-refractivity contribution in [2.24, 2.45) is 7.05 Å². The number of anilines is 1. The molecule has 114 valence electrons. The van der Waals surface area contributed by atoms with Crippen molar-refractivity contribution in [2.75, 3.05) is 11.9 Å². The van der Waals surface area contributed by atoms with E-state index in [2.05, 4.69) is 20.6 Å². The second-order valence-corrected chi connectivity index (χ2v) is 5.77. The van der Waals surface area contributed by atoms with Gasteiger partial charge in [0.05, 0.1) is 5.69 Å². The lowest BCUT2D eigenvalue weighted by molar-refractivity contribution is -0.118. The molecule has 2 aromatic heterocycles. The number of carbonyl (C=O) groups is 1. The zero-order valence-electron chi connectivity index (χ0n) is 12.8. The molecule has 0 atom stereocenters. The molecule has 0 aliphatic heterocycles. The number of aryl methyl sites for hydroxylation is 2. The number of nitrogens with one attached hydrogen (secondary N) is 1. The van der Waals surface area contributed by atoms with Gasteiger partial charge in [-0.15, -0.1) is 0 Å². The number of aromatic nitrogens is 4. The first-order valence-corrected chi connectivity index (χ1v) is 6.53. The average Bonchev–Trinajstić information content (AvgIpc) is 2.94. The molecule has 0 saturated heterocycles. The Bertz CT molecular complexity index is 639. The molecule has 0 aliphatic rings. The molecule has 0 radical (unpaired) electrons. The van der Waals surface area contributed by atoms with Gasteiger partial charge in [0.15, 0.2) is 12.4 Å². The Morgan fingerprint density at radius 1 is 1.48 bits per heavy atom. The lowest BCUT2D eigenvalue weighted by atomic mass is 9.96. The normalized spacial score (nSPS) is 11.5. The predicted octanol–water partition coefficient (Wildman–Crippen LogP) is 1.43. The van der Waals surface area contributed by atoms with Gasteiger partial charge in [0.25, 0.3) is 5.91 Å². The smallest absolute Gasteiger partial charge is 0.417 e. The van der Waals surface area contributed by atoms with Crippen LogP contribution < -0.4 is 10.1 Å². The van der Waals surface area contributed by atoms with Crippen LogP contribution in [0.5, 0.6) is 6.08 Å². The fraction of sp³-hybridized carbons (Fsp3) is 0.538. The zero-order chi connectivity index (χ0) is 15.6. The maximum atomic E-state index is 11.8. The molecular weight excluding hydrogens is 274 g/mol. The Balaban J connectivity index is 1.89. The van der Waals surface area contributed by atoms with Gasteiger partial charge in [0.2, 0.25) is 0 Å². The van der Waals surface area contributed by atoms with Gasteiger partial charge in [-0.3, -0.25) is 14.0 Å². The highest BCUT2D eigenvalue weighted by Crippen LogP contribution is 2.20. The maximum absolute atomic E-state index is 11.8. The molecule has 2 aromatic rings. The van der Waals surface area contributed by atoms with E-state index in [1.54, 1.807) is 17.8 Å². The van der Waals surface area contributed by atoms with Crippen molar-refractivity contribution < 1.29 is 14.1 Å². The largest absolute Gasteiger partial charge is 0.439 e. The van der Waals surface area contributed by atoms with Crippen molar-refractivity contribution in [3.8, 4) is 6.08 Å². The first-order chi connectivity index (χ1) is 9.75. The van der Waals surface area contributed by atoms with Crippen LogP contribution in [0, 0.1) is 6.92 Å². The first kappa shape index (κ1) is 15.0. The lowest BCUT2D eigenvalue weighted by Crippen LogP contribution is -2.21. The van der Waals surface area contributed by atoms with Crippen LogP contribution in [0.4, 0.5) is 5.82 Å². The summed E-state index contributed by atoms with van der Waals surface area (Å²) < 4.78 is 11.7. The SMILES string of the molecule is Cc1cc(NC(=O)COc2nc(C(C)(C)C)no2)n(C)n1. The summed E-state index contributed by atoms with van der Waals surface area (Å²) in [5, 5.41) is 10.6. The van der Waals surface area contributed by atoms with Crippen molar-refractivity contribution in [3.05, 3.63) is 17.6 Å². The van der Waals surface area contributed by atoms with E-state index in [0.29, 0.717) is 11.6 Å². The van der Waals surface area contributed by atoms with E-state index in [1.807, 2.05) is 27.7 Å². The van der Waals surface area contributed by atoms with E-state index in [0.717, 1.165) is 5.69 Å². The monoisotopic (exact) mass is 293 g/mol. The van der Waals surface area contributed by atoms with Crippen molar-refractivity contribution in [1.29, 1.82) is 0 Å². The zero-order valence-corrected chi connectivity index (χ0v) is 12.8. The Labute approximate surface area is 122 Å². The van der Waals surface area contributed by atoms with Crippen LogP contribution in [-0.2, 0) is 17.3 Å². The molecule has 2 rings (SSSR count). The molecule has 21 heavy (non-hydrogen) atoms. The molecule has 1 amide bonds. The molecule has 0 aliphatic carbocycles. The minimum atomic E-state index is -0.325. The van der Waals surface area contributed by atoms with Crippen LogP contribution >= 0.6 is 0 Å². The number of nitrogens with zero attached hydrogens (tertiary/aromatic N) is 4. The lowest BCUT2D eigenvalue weighted by Gasteiger charge is -2.10. The third kappa shape index (κ3) is 3.80. The van der Waals surface area contributed by atoms with Crippen LogP contribution in [0.15, 0.2) is 10.6 Å². The summed E-state index contributed by atoms with van der Waals surface area (Å²) in [4.78, 5) is 15.9. The van der Waals surface area contributed by atoms with Gasteiger partial charge in [-0.2, -0.15) is 10.1 Å². The molecule has 0 spiro atoms. The standard InChI is InChI=1S/C13H19N5O3/c1-8-6-9(18(5)16-8)14-10(19)7-20-12-15-11(17-21-12)13(2,3)4/h6H,7H2,1-5H3,(H,14,19). The molecule has 8 heteroatoms. The average molecular weight is 293 g/mol. The second-order valence-electron chi connectivity index (χ2n) is 5.77. The molecule has 2 heterocycles. The van der Waals surface area contributed by atoms with Gasteiger partial charge in [-0.05, 0) is 6.92 Å². The van der Waals surface area contributed by atoms with Crippen molar-refractivity contribution in [1.82, 2.24) is 19.9 Å². The third-order valence-electron chi connectivity index (χ3n) is 2.67. The fourth-order valence-corrected chi connectivity index (χ4v) is 1.61. The number of rotatable bonds is 4. The van der Waals surface area contributed by atoms with E-state index in [4.69, 9.17) is 9.26 Å². The summed E-state index contributed by atoms with van der Waals surface area (Å²) in [5.74, 6) is 0.802. The topological polar surface area (TPSA) is 95.1 Å². The number of hydrogen-bond donors (Lipinski definition) is 1. The second kappa shape index (κ2) is 5.55. The van der Waals surface area contributed by atoms with Gasteiger partial charge >= 0.3 is 6.08 Å². The van der Waals surface area contributed by atoms with Crippen LogP contribution in [0.2, 0.25) is 0 Å². The van der Waals surface area contributed by atoms with Crippen molar-refractivity contribution in [2.45, 2.75) is 33.1 Å². The van der Waals surface area contributed by atoms with Crippen LogP contribution in [0.3, 0.4) is 0 Å². The summed E-state index contributed by atoms with van der Waals surface area (Å²) in [5.41, 5.74) is 0.583. The summed E-state index contributed by atoms with van der Waals surface area (Å²) in [7, 11) is 1.75. The van der Waals surface area contributed by atoms with Gasteiger partial charge < -0.3 is 10.1 Å². The van der Waals surface area contributed by atoms with Crippen LogP contribution in [0.25, 0.3) is 0 Å². The Morgan fingerprint density at radius 2 is 2.19 bits per heavy atom. The van der Waals surface area contributed by atoms with Gasteiger partial charge in [-0.25, -0.2) is 0 Å². The molecule has 0 unspecified atom stereocenters. The van der Waals surface area contributed by atoms with Crippen LogP contribution in [0.1, 0.15) is 32.3 Å². The molecular formula is C13H19N5O3. The summed E-state index contributed by atoms with van der Waals surface area (Å²) in [6, 6.07) is 1.77. The highest BCUT2D eigenvalue weighted by molar-refractivity contribution is 5.91. The van der Waals surface area contributed by atoms with Crippen LogP contribution in [-0.4, -0.2) is 32.4 Å². The summed E-state index contributed by atoms with van der Waals surface area (Å²) >= 11 is 0. The molecule has 0 saturated carbocycles. The number of amides is 1. The Morgan fingerprint density at radius 3 is 2.71 bits per heavy atom. The molecule has 0 aromatic carbocycles. The maximum Gasteiger partial charge on any atom is 0.417 e. The minimum absolute atomic E-state index is 0.0174. The van der Waals surface area contributed by atoms with E-state index < -0.39 is 0 Å². The van der Waals surface area contributed by atoms with E-state index >= 15 is 0 Å².